The van der Waals surface area contributed by atoms with E-state index in [1.54, 1.807) is 12.1 Å². The van der Waals surface area contributed by atoms with Crippen LogP contribution in [0.2, 0.25) is 0 Å². The number of hydrogen-bond donors (Lipinski definition) is 1. The maximum absolute atomic E-state index is 12.5. The minimum Gasteiger partial charge on any atom is -0.352 e. The first-order valence-electron chi connectivity index (χ1n) is 10.1. The Morgan fingerprint density at radius 3 is 2.57 bits per heavy atom. The fraction of sp³-hybridized carbons (Fsp3) is 0.650. The Hall–Kier alpha value is -1.64. The van der Waals surface area contributed by atoms with Gasteiger partial charge in [-0.25, -0.2) is 8.42 Å². The molecule has 3 rings (SSSR count). The molecule has 0 aromatic heterocycles. The topological polar surface area (TPSA) is 73.0 Å². The van der Waals surface area contributed by atoms with Gasteiger partial charge in [0.05, 0.1) is 11.9 Å². The van der Waals surface area contributed by atoms with Crippen LogP contribution in [0.5, 0.6) is 0 Å². The van der Waals surface area contributed by atoms with Crippen molar-refractivity contribution in [3.8, 4) is 0 Å². The fourth-order valence-electron chi connectivity index (χ4n) is 3.88. The number of nitrogens with one attached hydrogen (secondary N) is 1. The molecule has 0 saturated carbocycles. The number of amides is 1. The summed E-state index contributed by atoms with van der Waals surface area (Å²) < 4.78 is 25.3. The van der Waals surface area contributed by atoms with Gasteiger partial charge in [-0.15, -0.1) is 0 Å². The third-order valence-electron chi connectivity index (χ3n) is 5.60. The molecule has 1 amide bonds. The molecule has 0 bridgehead atoms. The van der Waals surface area contributed by atoms with Gasteiger partial charge in [0.15, 0.2) is 0 Å². The molecular formula is C20H32N4O3S. The number of sulfonamides is 1. The smallest absolute Gasteiger partial charge is 0.251 e. The second-order valence-corrected chi connectivity index (χ2v) is 9.80. The Kier molecular flexibility index (Phi) is 6.95. The van der Waals surface area contributed by atoms with E-state index in [4.69, 9.17) is 0 Å². The monoisotopic (exact) mass is 408 g/mol. The number of carbonyl (C=O) groups is 1. The summed E-state index contributed by atoms with van der Waals surface area (Å²) in [5, 5.41) is 2.99. The lowest BCUT2D eigenvalue weighted by atomic mass is 10.0. The summed E-state index contributed by atoms with van der Waals surface area (Å²) in [4.78, 5) is 17.3. The quantitative estimate of drug-likeness (QED) is 0.686. The van der Waals surface area contributed by atoms with E-state index in [-0.39, 0.29) is 5.91 Å². The number of benzene rings is 1. The minimum absolute atomic E-state index is 0.0844. The van der Waals surface area contributed by atoms with Crippen LogP contribution in [0.4, 0.5) is 5.69 Å². The van der Waals surface area contributed by atoms with Crippen LogP contribution in [-0.2, 0) is 16.4 Å². The van der Waals surface area contributed by atoms with Crippen molar-refractivity contribution in [1.29, 1.82) is 0 Å². The van der Waals surface area contributed by atoms with Crippen molar-refractivity contribution >= 4 is 21.6 Å². The molecule has 1 aromatic carbocycles. The maximum atomic E-state index is 12.5. The summed E-state index contributed by atoms with van der Waals surface area (Å²) in [6.07, 6.45) is 4.85. The number of likely N-dealkylation sites (N-methyl/N-ethyl adjacent to an activating group) is 1. The lowest BCUT2D eigenvalue weighted by Crippen LogP contribution is -2.44. The third-order valence-corrected chi connectivity index (χ3v) is 6.78. The van der Waals surface area contributed by atoms with Gasteiger partial charge in [-0.05, 0) is 63.0 Å². The van der Waals surface area contributed by atoms with Crippen molar-refractivity contribution in [2.24, 2.45) is 0 Å². The molecule has 1 N–H and O–H groups in total. The van der Waals surface area contributed by atoms with Gasteiger partial charge in [0.2, 0.25) is 10.0 Å². The fourth-order valence-corrected chi connectivity index (χ4v) is 4.88. The first-order valence-corrected chi connectivity index (χ1v) is 12.0. The highest BCUT2D eigenvalue weighted by Crippen LogP contribution is 2.29. The Morgan fingerprint density at radius 2 is 1.86 bits per heavy atom. The van der Waals surface area contributed by atoms with Gasteiger partial charge < -0.3 is 15.1 Å². The number of fused-ring (bicyclic) bond motifs is 1. The lowest BCUT2D eigenvalue weighted by Gasteiger charge is -2.32. The standard InChI is InChI=1S/C20H32N4O3S/c1-22-12-14-23(15-13-22)10-4-3-9-21-20(25)18-7-8-19-17(16-18)6-5-11-24(19)28(2,26)27/h7-8,16H,3-6,9-15H2,1-2H3,(H,21,25). The van der Waals surface area contributed by atoms with Crippen molar-refractivity contribution in [2.75, 3.05) is 63.4 Å². The highest BCUT2D eigenvalue weighted by atomic mass is 32.2. The number of anilines is 1. The zero-order chi connectivity index (χ0) is 20.1. The molecule has 0 atom stereocenters. The van der Waals surface area contributed by atoms with Crippen LogP contribution in [0, 0.1) is 0 Å². The van der Waals surface area contributed by atoms with E-state index in [1.807, 2.05) is 6.07 Å². The lowest BCUT2D eigenvalue weighted by molar-refractivity contribution is 0.0951. The van der Waals surface area contributed by atoms with Crippen molar-refractivity contribution < 1.29 is 13.2 Å². The summed E-state index contributed by atoms with van der Waals surface area (Å²) in [6, 6.07) is 5.33. The largest absolute Gasteiger partial charge is 0.352 e. The van der Waals surface area contributed by atoms with E-state index in [0.717, 1.165) is 64.0 Å². The molecular weight excluding hydrogens is 376 g/mol. The second-order valence-electron chi connectivity index (χ2n) is 7.89. The number of rotatable bonds is 7. The van der Waals surface area contributed by atoms with E-state index in [1.165, 1.54) is 10.6 Å². The van der Waals surface area contributed by atoms with Gasteiger partial charge in [0.1, 0.15) is 0 Å². The second kappa shape index (κ2) is 9.24. The predicted octanol–water partition coefficient (Wildman–Crippen LogP) is 1.16. The highest BCUT2D eigenvalue weighted by molar-refractivity contribution is 7.92. The minimum atomic E-state index is -3.28. The summed E-state index contributed by atoms with van der Waals surface area (Å²) in [5.41, 5.74) is 2.24. The number of piperazine rings is 1. The summed E-state index contributed by atoms with van der Waals surface area (Å²) in [7, 11) is -1.12. The van der Waals surface area contributed by atoms with Gasteiger partial charge in [-0.1, -0.05) is 0 Å². The number of hydrogen-bond acceptors (Lipinski definition) is 5. The summed E-state index contributed by atoms with van der Waals surface area (Å²) >= 11 is 0. The molecule has 2 heterocycles. The number of nitrogens with zero attached hydrogens (tertiary/aromatic N) is 3. The van der Waals surface area contributed by atoms with E-state index < -0.39 is 10.0 Å². The van der Waals surface area contributed by atoms with Crippen LogP contribution in [0.15, 0.2) is 18.2 Å². The van der Waals surface area contributed by atoms with Crippen molar-refractivity contribution in [3.63, 3.8) is 0 Å². The summed E-state index contributed by atoms with van der Waals surface area (Å²) in [6.45, 7) is 6.77. The molecule has 2 aliphatic rings. The molecule has 8 heteroatoms. The van der Waals surface area contributed by atoms with Gasteiger partial charge in [0.25, 0.3) is 5.91 Å². The molecule has 0 spiro atoms. The van der Waals surface area contributed by atoms with Crippen LogP contribution in [0.25, 0.3) is 0 Å². The third kappa shape index (κ3) is 5.46. The van der Waals surface area contributed by atoms with Crippen molar-refractivity contribution in [2.45, 2.75) is 25.7 Å². The van der Waals surface area contributed by atoms with Crippen LogP contribution in [0.3, 0.4) is 0 Å². The predicted molar refractivity (Wildman–Crippen MR) is 112 cm³/mol. The maximum Gasteiger partial charge on any atom is 0.251 e. The van der Waals surface area contributed by atoms with Gasteiger partial charge in [-0.3, -0.25) is 9.10 Å². The highest BCUT2D eigenvalue weighted by Gasteiger charge is 2.24. The average molecular weight is 409 g/mol. The van der Waals surface area contributed by atoms with Crippen molar-refractivity contribution in [3.05, 3.63) is 29.3 Å². The number of carbonyl (C=O) groups excluding carboxylic acids is 1. The van der Waals surface area contributed by atoms with E-state index in [0.29, 0.717) is 24.3 Å². The molecule has 28 heavy (non-hydrogen) atoms. The van der Waals surface area contributed by atoms with E-state index in [9.17, 15) is 13.2 Å². The van der Waals surface area contributed by atoms with E-state index in [2.05, 4.69) is 22.2 Å². The van der Waals surface area contributed by atoms with Crippen molar-refractivity contribution in [1.82, 2.24) is 15.1 Å². The molecule has 7 nitrogen and oxygen atoms in total. The first-order chi connectivity index (χ1) is 13.3. The molecule has 0 aliphatic carbocycles. The van der Waals surface area contributed by atoms with Gasteiger partial charge in [0, 0.05) is 44.8 Å². The zero-order valence-electron chi connectivity index (χ0n) is 17.0. The molecule has 156 valence electrons. The van der Waals surface area contributed by atoms with Crippen LogP contribution in [-0.4, -0.2) is 83.2 Å². The first kappa shape index (κ1) is 21.1. The average Bonchev–Trinajstić information content (AvgIpc) is 2.67. The SMILES string of the molecule is CN1CCN(CCCCNC(=O)c2ccc3c(c2)CCCN3S(C)(=O)=O)CC1. The molecule has 1 saturated heterocycles. The summed E-state index contributed by atoms with van der Waals surface area (Å²) in [5.74, 6) is -0.0844. The Balaban J connectivity index is 1.46. The zero-order valence-corrected chi connectivity index (χ0v) is 17.8. The normalized spacial score (nSPS) is 18.7. The molecule has 0 radical (unpaired) electrons. The number of unbranched alkanes of at least 4 members (excludes halogenated alkanes) is 1. The van der Waals surface area contributed by atoms with Crippen LogP contribution in [0.1, 0.15) is 35.2 Å². The molecule has 1 aromatic rings. The Labute approximate surface area is 168 Å². The molecule has 2 aliphatic heterocycles. The number of aryl methyl sites for hydroxylation is 1. The van der Waals surface area contributed by atoms with Crippen LogP contribution >= 0.6 is 0 Å². The molecule has 1 fully saturated rings. The van der Waals surface area contributed by atoms with Gasteiger partial charge in [-0.2, -0.15) is 0 Å². The van der Waals surface area contributed by atoms with Gasteiger partial charge >= 0.3 is 0 Å². The Bertz CT molecular complexity index is 789. The van der Waals surface area contributed by atoms with E-state index >= 15 is 0 Å². The molecule has 0 unspecified atom stereocenters. The van der Waals surface area contributed by atoms with Crippen LogP contribution < -0.4 is 9.62 Å². The Morgan fingerprint density at radius 1 is 1.11 bits per heavy atom.